The number of carbonyl (C=O) groups is 2. The molecule has 0 spiro atoms. The van der Waals surface area contributed by atoms with Crippen LogP contribution in [0.2, 0.25) is 0 Å². The first-order chi connectivity index (χ1) is 6.45. The number of amides is 1. The van der Waals surface area contributed by atoms with Crippen molar-refractivity contribution in [3.8, 4) is 0 Å². The summed E-state index contributed by atoms with van der Waals surface area (Å²) in [4.78, 5) is 23.4. The van der Waals surface area contributed by atoms with Gasteiger partial charge in [-0.2, -0.15) is 0 Å². The Hall–Kier alpha value is -0.860. The van der Waals surface area contributed by atoms with Gasteiger partial charge in [0.05, 0.1) is 5.41 Å². The first kappa shape index (κ1) is 15.6. The van der Waals surface area contributed by atoms with Crippen molar-refractivity contribution in [2.24, 2.45) is 5.41 Å². The van der Waals surface area contributed by atoms with Gasteiger partial charge in [0.15, 0.2) is 0 Å². The molecule has 0 heterocycles. The van der Waals surface area contributed by atoms with Crippen LogP contribution in [0.3, 0.4) is 0 Å². The van der Waals surface area contributed by atoms with Crippen LogP contribution in [0, 0.1) is 5.41 Å². The van der Waals surface area contributed by atoms with Crippen LogP contribution in [0.4, 0.5) is 0 Å². The fourth-order valence-electron chi connectivity index (χ4n) is 0.956. The summed E-state index contributed by atoms with van der Waals surface area (Å²) in [5, 5.41) is 0. The number of nitrogens with zero attached hydrogens (tertiary/aromatic N) is 1. The van der Waals surface area contributed by atoms with Gasteiger partial charge in [0.1, 0.15) is 6.29 Å². The van der Waals surface area contributed by atoms with Crippen molar-refractivity contribution in [3.63, 3.8) is 0 Å². The molecule has 0 N–H and O–H groups in total. The van der Waals surface area contributed by atoms with Crippen molar-refractivity contribution in [3.05, 3.63) is 0 Å². The van der Waals surface area contributed by atoms with E-state index in [1.807, 2.05) is 20.8 Å². The van der Waals surface area contributed by atoms with Crippen LogP contribution in [-0.4, -0.2) is 30.7 Å². The molecule has 0 saturated heterocycles. The highest BCUT2D eigenvalue weighted by molar-refractivity contribution is 5.83. The summed E-state index contributed by atoms with van der Waals surface area (Å²) in [6.07, 6.45) is 1.08. The lowest BCUT2D eigenvalue weighted by molar-refractivity contribution is -0.140. The Morgan fingerprint density at radius 2 is 1.79 bits per heavy atom. The quantitative estimate of drug-likeness (QED) is 0.653. The molecule has 0 bridgehead atoms. The topological polar surface area (TPSA) is 37.4 Å². The molecule has 0 aromatic heterocycles. The van der Waals surface area contributed by atoms with E-state index in [4.69, 9.17) is 0 Å². The van der Waals surface area contributed by atoms with E-state index >= 15 is 0 Å². The van der Waals surface area contributed by atoms with Crippen LogP contribution in [0.15, 0.2) is 0 Å². The molecule has 0 aliphatic rings. The summed E-state index contributed by atoms with van der Waals surface area (Å²) >= 11 is 0. The van der Waals surface area contributed by atoms with Crippen LogP contribution < -0.4 is 0 Å². The molecule has 0 unspecified atom stereocenters. The Bertz CT molecular complexity index is 176. The monoisotopic (exact) mass is 201 g/mol. The van der Waals surface area contributed by atoms with E-state index < -0.39 is 5.41 Å². The van der Waals surface area contributed by atoms with Gasteiger partial charge in [0, 0.05) is 20.0 Å². The Morgan fingerprint density at radius 3 is 2.07 bits per heavy atom. The van der Waals surface area contributed by atoms with Gasteiger partial charge in [-0.05, 0) is 6.92 Å². The maximum atomic E-state index is 11.6. The first-order valence-corrected chi connectivity index (χ1v) is 5.15. The predicted molar refractivity (Wildman–Crippen MR) is 59.1 cm³/mol. The average molecular weight is 201 g/mol. The van der Waals surface area contributed by atoms with Crippen LogP contribution in [-0.2, 0) is 9.59 Å². The highest BCUT2D eigenvalue weighted by atomic mass is 16.2. The van der Waals surface area contributed by atoms with Crippen molar-refractivity contribution in [1.29, 1.82) is 0 Å². The van der Waals surface area contributed by atoms with E-state index in [0.29, 0.717) is 6.54 Å². The van der Waals surface area contributed by atoms with Gasteiger partial charge in [0.25, 0.3) is 0 Å². The van der Waals surface area contributed by atoms with E-state index in [1.54, 1.807) is 25.8 Å². The Kier molecular flexibility index (Phi) is 8.40. The maximum absolute atomic E-state index is 11.6. The summed E-state index contributed by atoms with van der Waals surface area (Å²) in [6.45, 7) is 10.2. The maximum Gasteiger partial charge on any atom is 0.228 e. The van der Waals surface area contributed by atoms with Crippen molar-refractivity contribution in [1.82, 2.24) is 4.90 Å². The molecule has 0 aliphatic carbocycles. The summed E-state index contributed by atoms with van der Waals surface area (Å²) in [5.74, 6) is 0.0251. The molecular weight excluding hydrogens is 178 g/mol. The number of aldehydes is 1. The van der Waals surface area contributed by atoms with Gasteiger partial charge in [-0.15, -0.1) is 0 Å². The third-order valence-corrected chi connectivity index (χ3v) is 1.99. The number of carbonyl (C=O) groups excluding carboxylic acids is 2. The molecule has 0 rings (SSSR count). The third kappa shape index (κ3) is 5.00. The average Bonchev–Trinajstić information content (AvgIpc) is 2.18. The molecule has 0 saturated carbocycles. The number of hydrogen-bond donors (Lipinski definition) is 0. The minimum absolute atomic E-state index is 0.0251. The Morgan fingerprint density at radius 1 is 1.36 bits per heavy atom. The molecule has 0 aromatic rings. The highest BCUT2D eigenvalue weighted by Gasteiger charge is 2.29. The highest BCUT2D eigenvalue weighted by Crippen LogP contribution is 2.21. The minimum Gasteiger partial charge on any atom is -0.346 e. The minimum atomic E-state index is -0.549. The van der Waals surface area contributed by atoms with Crippen LogP contribution >= 0.6 is 0 Å². The zero-order valence-corrected chi connectivity index (χ0v) is 10.3. The van der Waals surface area contributed by atoms with Gasteiger partial charge in [-0.3, -0.25) is 4.79 Å². The lowest BCUT2D eigenvalue weighted by Crippen LogP contribution is -2.38. The van der Waals surface area contributed by atoms with E-state index in [9.17, 15) is 9.59 Å². The third-order valence-electron chi connectivity index (χ3n) is 1.99. The van der Waals surface area contributed by atoms with Gasteiger partial charge in [0.2, 0.25) is 5.91 Å². The van der Waals surface area contributed by atoms with Gasteiger partial charge >= 0.3 is 0 Å². The second-order valence-electron chi connectivity index (χ2n) is 3.57. The lowest BCUT2D eigenvalue weighted by atomic mass is 9.88. The molecule has 0 aromatic carbocycles. The molecule has 0 atom stereocenters. The van der Waals surface area contributed by atoms with Gasteiger partial charge in [-0.25, -0.2) is 0 Å². The Balaban J connectivity index is 0. The van der Waals surface area contributed by atoms with Crippen LogP contribution in [0.1, 0.15) is 41.0 Å². The molecule has 3 nitrogen and oxygen atoms in total. The standard InChI is InChI=1S/C9H17NO2.C2H6/c1-5-10(4)8(12)9(2,3)6-7-11;1-2/h7H,5-6H2,1-4H3;1-2H3. The van der Waals surface area contributed by atoms with Gasteiger partial charge in [-0.1, -0.05) is 27.7 Å². The van der Waals surface area contributed by atoms with Crippen molar-refractivity contribution < 1.29 is 9.59 Å². The summed E-state index contributed by atoms with van der Waals surface area (Å²) in [5.41, 5.74) is -0.549. The first-order valence-electron chi connectivity index (χ1n) is 5.15. The molecular formula is C11H23NO2. The molecule has 84 valence electrons. The largest absolute Gasteiger partial charge is 0.346 e. The van der Waals surface area contributed by atoms with E-state index in [-0.39, 0.29) is 12.3 Å². The molecule has 14 heavy (non-hydrogen) atoms. The fourth-order valence-corrected chi connectivity index (χ4v) is 0.956. The van der Waals surface area contributed by atoms with Crippen molar-refractivity contribution in [2.75, 3.05) is 13.6 Å². The smallest absolute Gasteiger partial charge is 0.228 e. The van der Waals surface area contributed by atoms with E-state index in [0.717, 1.165) is 6.29 Å². The lowest BCUT2D eigenvalue weighted by Gasteiger charge is -2.26. The predicted octanol–water partition coefficient (Wildman–Crippen LogP) is 2.11. The summed E-state index contributed by atoms with van der Waals surface area (Å²) < 4.78 is 0. The molecule has 0 aliphatic heterocycles. The molecule has 0 radical (unpaired) electrons. The molecule has 3 heteroatoms. The zero-order chi connectivity index (χ0) is 11.8. The van der Waals surface area contributed by atoms with Crippen LogP contribution in [0.5, 0.6) is 0 Å². The van der Waals surface area contributed by atoms with Crippen molar-refractivity contribution in [2.45, 2.75) is 41.0 Å². The fraction of sp³-hybridized carbons (Fsp3) is 0.818. The van der Waals surface area contributed by atoms with E-state index in [1.165, 1.54) is 0 Å². The van der Waals surface area contributed by atoms with E-state index in [2.05, 4.69) is 0 Å². The zero-order valence-electron chi connectivity index (χ0n) is 10.3. The second-order valence-corrected chi connectivity index (χ2v) is 3.57. The summed E-state index contributed by atoms with van der Waals surface area (Å²) in [7, 11) is 1.74. The summed E-state index contributed by atoms with van der Waals surface area (Å²) in [6, 6.07) is 0. The number of hydrogen-bond acceptors (Lipinski definition) is 2. The molecule has 1 amide bonds. The van der Waals surface area contributed by atoms with Crippen molar-refractivity contribution >= 4 is 12.2 Å². The second kappa shape index (κ2) is 7.54. The SMILES string of the molecule is CC.CCN(C)C(=O)C(C)(C)CC=O. The van der Waals surface area contributed by atoms with Crippen LogP contribution in [0.25, 0.3) is 0 Å². The number of rotatable bonds is 4. The molecule has 0 fully saturated rings. The normalized spacial score (nSPS) is 9.86. The Labute approximate surface area is 87.5 Å². The van der Waals surface area contributed by atoms with Gasteiger partial charge < -0.3 is 9.69 Å².